The summed E-state index contributed by atoms with van der Waals surface area (Å²) < 4.78 is 0. The maximum atomic E-state index is 5.75. The van der Waals surface area contributed by atoms with Crippen LogP contribution in [0.4, 0.5) is 0 Å². The molecule has 0 aliphatic heterocycles. The number of halogens is 1. The van der Waals surface area contributed by atoms with Crippen molar-refractivity contribution in [3.05, 3.63) is 11.1 Å². The fraction of sp³-hybridized carbons (Fsp3) is 0.818. The molecule has 0 unspecified atom stereocenters. The van der Waals surface area contributed by atoms with E-state index in [-0.39, 0.29) is 0 Å². The molecule has 0 amide bonds. The highest BCUT2D eigenvalue weighted by Crippen LogP contribution is 2.12. The third kappa shape index (κ3) is 7.09. The molecule has 1 N–H and O–H groups in total. The first-order chi connectivity index (χ1) is 6.07. The molecule has 0 saturated carbocycles. The summed E-state index contributed by atoms with van der Waals surface area (Å²) in [5.74, 6) is 0.715. The lowest BCUT2D eigenvalue weighted by molar-refractivity contribution is 0.388. The third-order valence-corrected chi connectivity index (χ3v) is 2.58. The summed E-state index contributed by atoms with van der Waals surface area (Å²) in [4.78, 5) is 0. The number of nitrogens with one attached hydrogen (secondary N) is 1. The quantitative estimate of drug-likeness (QED) is 0.697. The Morgan fingerprint density at radius 1 is 1.46 bits per heavy atom. The third-order valence-electron chi connectivity index (χ3n) is 2.43. The largest absolute Gasteiger partial charge is 0.314 e. The van der Waals surface area contributed by atoms with Crippen LogP contribution in [0, 0.1) is 5.92 Å². The van der Waals surface area contributed by atoms with Crippen molar-refractivity contribution in [3.63, 3.8) is 0 Å². The van der Waals surface area contributed by atoms with E-state index in [9.17, 15) is 0 Å². The predicted octanol–water partition coefficient (Wildman–Crippen LogP) is 3.54. The van der Waals surface area contributed by atoms with E-state index in [0.717, 1.165) is 18.0 Å². The summed E-state index contributed by atoms with van der Waals surface area (Å²) in [6.45, 7) is 9.65. The SMILES string of the molecule is CCN[C@H](C)[C@@H](C)CC/C=C(\C)Cl. The molecule has 0 rings (SSSR count). The van der Waals surface area contributed by atoms with Gasteiger partial charge in [-0.3, -0.25) is 0 Å². The van der Waals surface area contributed by atoms with E-state index < -0.39 is 0 Å². The molecule has 2 heteroatoms. The smallest absolute Gasteiger partial charge is 0.0110 e. The van der Waals surface area contributed by atoms with Gasteiger partial charge in [-0.05, 0) is 39.2 Å². The Labute approximate surface area is 87.6 Å². The molecule has 0 radical (unpaired) electrons. The Hall–Kier alpha value is -0.0100. The van der Waals surface area contributed by atoms with Gasteiger partial charge in [0.05, 0.1) is 0 Å². The monoisotopic (exact) mass is 203 g/mol. The van der Waals surface area contributed by atoms with Crippen molar-refractivity contribution in [2.45, 2.75) is 46.6 Å². The zero-order valence-corrected chi connectivity index (χ0v) is 9.99. The molecular formula is C11H22ClN. The predicted molar refractivity (Wildman–Crippen MR) is 61.1 cm³/mol. The minimum Gasteiger partial charge on any atom is -0.314 e. The van der Waals surface area contributed by atoms with Crippen LogP contribution in [0.15, 0.2) is 11.1 Å². The molecule has 0 fully saturated rings. The molecule has 78 valence electrons. The molecule has 0 saturated heterocycles. The number of rotatable bonds is 6. The minimum absolute atomic E-state index is 0.606. The van der Waals surface area contributed by atoms with Crippen molar-refractivity contribution in [2.24, 2.45) is 5.92 Å². The Morgan fingerprint density at radius 3 is 2.54 bits per heavy atom. The lowest BCUT2D eigenvalue weighted by Crippen LogP contribution is -2.31. The second-order valence-corrected chi connectivity index (χ2v) is 4.29. The van der Waals surface area contributed by atoms with Crippen LogP contribution in [0.1, 0.15) is 40.5 Å². The van der Waals surface area contributed by atoms with Crippen LogP contribution in [0.25, 0.3) is 0 Å². The van der Waals surface area contributed by atoms with Crippen LogP contribution < -0.4 is 5.32 Å². The fourth-order valence-electron chi connectivity index (χ4n) is 1.32. The van der Waals surface area contributed by atoms with E-state index in [1.165, 1.54) is 6.42 Å². The van der Waals surface area contributed by atoms with Crippen LogP contribution in [0.2, 0.25) is 0 Å². The van der Waals surface area contributed by atoms with Gasteiger partial charge in [-0.2, -0.15) is 0 Å². The zero-order chi connectivity index (χ0) is 10.3. The van der Waals surface area contributed by atoms with E-state index in [4.69, 9.17) is 11.6 Å². The summed E-state index contributed by atoms with van der Waals surface area (Å²) in [7, 11) is 0. The average Bonchev–Trinajstić information content (AvgIpc) is 2.04. The maximum Gasteiger partial charge on any atom is 0.0110 e. The van der Waals surface area contributed by atoms with Gasteiger partial charge in [0, 0.05) is 11.1 Å². The highest BCUT2D eigenvalue weighted by molar-refractivity contribution is 6.29. The summed E-state index contributed by atoms with van der Waals surface area (Å²) in [6, 6.07) is 0.606. The van der Waals surface area contributed by atoms with E-state index in [0.29, 0.717) is 12.0 Å². The highest BCUT2D eigenvalue weighted by Gasteiger charge is 2.09. The lowest BCUT2D eigenvalue weighted by Gasteiger charge is -2.19. The van der Waals surface area contributed by atoms with Crippen molar-refractivity contribution < 1.29 is 0 Å². The maximum absolute atomic E-state index is 5.75. The molecule has 0 heterocycles. The summed E-state index contributed by atoms with van der Waals surface area (Å²) >= 11 is 5.75. The number of hydrogen-bond acceptors (Lipinski definition) is 1. The van der Waals surface area contributed by atoms with Crippen LogP contribution in [0.3, 0.4) is 0 Å². The Balaban J connectivity index is 3.61. The number of allylic oxidation sites excluding steroid dienone is 2. The van der Waals surface area contributed by atoms with E-state index in [1.807, 2.05) is 6.92 Å². The van der Waals surface area contributed by atoms with Crippen LogP contribution in [0.5, 0.6) is 0 Å². The molecule has 0 aliphatic carbocycles. The van der Waals surface area contributed by atoms with Crippen molar-refractivity contribution >= 4 is 11.6 Å². The second-order valence-electron chi connectivity index (χ2n) is 3.69. The topological polar surface area (TPSA) is 12.0 Å². The first kappa shape index (κ1) is 13.0. The van der Waals surface area contributed by atoms with Gasteiger partial charge in [0.15, 0.2) is 0 Å². The summed E-state index contributed by atoms with van der Waals surface area (Å²) in [5, 5.41) is 4.34. The van der Waals surface area contributed by atoms with E-state index in [2.05, 4.69) is 32.2 Å². The van der Waals surface area contributed by atoms with Crippen molar-refractivity contribution in [2.75, 3.05) is 6.54 Å². The van der Waals surface area contributed by atoms with Gasteiger partial charge in [-0.1, -0.05) is 31.5 Å². The van der Waals surface area contributed by atoms with Gasteiger partial charge in [0.1, 0.15) is 0 Å². The van der Waals surface area contributed by atoms with Gasteiger partial charge in [-0.15, -0.1) is 0 Å². The van der Waals surface area contributed by atoms with Gasteiger partial charge in [0.25, 0.3) is 0 Å². The second kappa shape index (κ2) is 7.40. The Kier molecular flexibility index (Phi) is 7.39. The Bertz CT molecular complexity index is 150. The van der Waals surface area contributed by atoms with Crippen molar-refractivity contribution in [1.82, 2.24) is 5.32 Å². The molecule has 0 bridgehead atoms. The number of hydrogen-bond donors (Lipinski definition) is 1. The summed E-state index contributed by atoms with van der Waals surface area (Å²) in [6.07, 6.45) is 4.39. The minimum atomic E-state index is 0.606. The molecule has 0 aromatic rings. The zero-order valence-electron chi connectivity index (χ0n) is 9.23. The fourth-order valence-corrected chi connectivity index (χ4v) is 1.43. The molecule has 1 nitrogen and oxygen atoms in total. The van der Waals surface area contributed by atoms with Crippen LogP contribution in [-0.4, -0.2) is 12.6 Å². The van der Waals surface area contributed by atoms with E-state index >= 15 is 0 Å². The highest BCUT2D eigenvalue weighted by atomic mass is 35.5. The van der Waals surface area contributed by atoms with Gasteiger partial charge < -0.3 is 5.32 Å². The summed E-state index contributed by atoms with van der Waals surface area (Å²) in [5.41, 5.74) is 0. The molecular weight excluding hydrogens is 182 g/mol. The molecule has 0 aromatic heterocycles. The normalized spacial score (nSPS) is 17.2. The first-order valence-corrected chi connectivity index (χ1v) is 5.51. The van der Waals surface area contributed by atoms with Gasteiger partial charge in [0.2, 0.25) is 0 Å². The van der Waals surface area contributed by atoms with E-state index in [1.54, 1.807) is 0 Å². The van der Waals surface area contributed by atoms with Crippen LogP contribution in [-0.2, 0) is 0 Å². The van der Waals surface area contributed by atoms with Gasteiger partial charge >= 0.3 is 0 Å². The van der Waals surface area contributed by atoms with Crippen LogP contribution >= 0.6 is 11.6 Å². The molecule has 0 aliphatic rings. The van der Waals surface area contributed by atoms with Crippen molar-refractivity contribution in [3.8, 4) is 0 Å². The Morgan fingerprint density at radius 2 is 2.08 bits per heavy atom. The molecule has 0 spiro atoms. The van der Waals surface area contributed by atoms with Crippen molar-refractivity contribution in [1.29, 1.82) is 0 Å². The molecule has 13 heavy (non-hydrogen) atoms. The molecule has 2 atom stereocenters. The lowest BCUT2D eigenvalue weighted by atomic mass is 9.98. The average molecular weight is 204 g/mol. The standard InChI is InChI=1S/C11H22ClN/c1-5-13-11(4)9(2)7-6-8-10(3)12/h8-9,11,13H,5-7H2,1-4H3/b10-8+/t9-,11+/m0/s1. The van der Waals surface area contributed by atoms with Gasteiger partial charge in [-0.25, -0.2) is 0 Å². The first-order valence-electron chi connectivity index (χ1n) is 5.13. The molecule has 0 aromatic carbocycles.